The molecule has 4 aromatic rings. The fourth-order valence-corrected chi connectivity index (χ4v) is 4.58. The number of ether oxygens (including phenoxy) is 1. The number of nitrogen functional groups attached to an aromatic ring is 1. The van der Waals surface area contributed by atoms with E-state index in [9.17, 15) is 4.79 Å². The minimum atomic E-state index is -0.517. The van der Waals surface area contributed by atoms with E-state index < -0.39 is 6.23 Å². The van der Waals surface area contributed by atoms with E-state index >= 15 is 0 Å². The summed E-state index contributed by atoms with van der Waals surface area (Å²) >= 11 is 0. The highest BCUT2D eigenvalue weighted by Crippen LogP contribution is 2.33. The Kier molecular flexibility index (Phi) is 6.05. The second-order valence-electron chi connectivity index (χ2n) is 8.91. The molecule has 2 aromatic heterocycles. The van der Waals surface area contributed by atoms with Crippen LogP contribution in [-0.4, -0.2) is 19.5 Å². The molecule has 0 saturated heterocycles. The lowest BCUT2D eigenvalue weighted by Crippen LogP contribution is -2.29. The van der Waals surface area contributed by atoms with Gasteiger partial charge in [0.05, 0.1) is 28.2 Å². The van der Waals surface area contributed by atoms with Crippen LogP contribution in [0.4, 0.5) is 11.6 Å². The maximum absolute atomic E-state index is 14.0. The third-order valence-corrected chi connectivity index (χ3v) is 6.44. The molecule has 0 radical (unpaired) electrons. The Bertz CT molecular complexity index is 1540. The van der Waals surface area contributed by atoms with E-state index in [4.69, 9.17) is 15.5 Å². The Labute approximate surface area is 209 Å². The first-order chi connectivity index (χ1) is 17.4. The van der Waals surface area contributed by atoms with Gasteiger partial charge in [-0.2, -0.15) is 0 Å². The van der Waals surface area contributed by atoms with Crippen LogP contribution >= 0.6 is 0 Å². The molecular formula is C27H29N7O2. The van der Waals surface area contributed by atoms with Crippen molar-refractivity contribution in [3.63, 3.8) is 0 Å². The Balaban J connectivity index is 1.69. The van der Waals surface area contributed by atoms with Gasteiger partial charge in [-0.3, -0.25) is 9.36 Å². The van der Waals surface area contributed by atoms with E-state index in [1.165, 1.54) is 6.33 Å². The number of hydrogen-bond donors (Lipinski definition) is 3. The van der Waals surface area contributed by atoms with Crippen molar-refractivity contribution in [1.82, 2.24) is 24.8 Å². The van der Waals surface area contributed by atoms with Crippen molar-refractivity contribution in [2.45, 2.75) is 46.4 Å². The lowest BCUT2D eigenvalue weighted by molar-refractivity contribution is 0.131. The summed E-state index contributed by atoms with van der Waals surface area (Å²) in [5.74, 6) is 2.15. The number of fused-ring (bicyclic) bond motifs is 1. The fraction of sp³-hybridized carbons (Fsp3) is 0.259. The van der Waals surface area contributed by atoms with Crippen LogP contribution in [0.25, 0.3) is 16.6 Å². The summed E-state index contributed by atoms with van der Waals surface area (Å²) in [5.41, 5.74) is 10.1. The standard InChI is InChI=1S/C27H29N7O2/c1-5-18(32-24-22(23(28)30-14-31-24)26-29-13-17(4)36-26)25-33-19-11-8-10-16(3)21(19)27(35)34(25)20-12-7-6-9-15(20)2/h6-14,18,26,29H,5H2,1-4H3,(H3,28,30,31,32)/t18-,26?/m0/s1. The number of anilines is 2. The van der Waals surface area contributed by atoms with Gasteiger partial charge in [0.25, 0.3) is 5.56 Å². The molecule has 1 unspecified atom stereocenters. The zero-order chi connectivity index (χ0) is 25.4. The summed E-state index contributed by atoms with van der Waals surface area (Å²) in [4.78, 5) is 27.6. The van der Waals surface area contributed by atoms with Crippen LogP contribution in [0.5, 0.6) is 0 Å². The van der Waals surface area contributed by atoms with Crippen molar-refractivity contribution >= 4 is 22.5 Å². The summed E-state index contributed by atoms with van der Waals surface area (Å²) in [6.07, 6.45) is 3.31. The third kappa shape index (κ3) is 4.02. The molecular weight excluding hydrogens is 454 g/mol. The number of nitrogens with zero attached hydrogens (tertiary/aromatic N) is 4. The average Bonchev–Trinajstić information content (AvgIpc) is 3.28. The predicted octanol–water partition coefficient (Wildman–Crippen LogP) is 4.42. The highest BCUT2D eigenvalue weighted by Gasteiger charge is 2.28. The number of benzene rings is 2. The first-order valence-corrected chi connectivity index (χ1v) is 11.9. The minimum Gasteiger partial charge on any atom is -0.469 e. The van der Waals surface area contributed by atoms with Crippen molar-refractivity contribution in [2.24, 2.45) is 0 Å². The molecule has 0 bridgehead atoms. The first-order valence-electron chi connectivity index (χ1n) is 11.9. The minimum absolute atomic E-state index is 0.106. The Hall–Kier alpha value is -4.40. The predicted molar refractivity (Wildman–Crippen MR) is 141 cm³/mol. The number of aryl methyl sites for hydroxylation is 2. The normalized spacial score (nSPS) is 15.8. The molecule has 36 heavy (non-hydrogen) atoms. The number of nitrogens with one attached hydrogen (secondary N) is 2. The molecule has 0 aliphatic carbocycles. The van der Waals surface area contributed by atoms with Crippen LogP contribution in [0.3, 0.4) is 0 Å². The molecule has 2 aromatic carbocycles. The van der Waals surface area contributed by atoms with E-state index in [2.05, 4.69) is 20.6 Å². The number of aromatic nitrogens is 4. The lowest BCUT2D eigenvalue weighted by Gasteiger charge is -2.25. The summed E-state index contributed by atoms with van der Waals surface area (Å²) in [7, 11) is 0. The number of hydrogen-bond acceptors (Lipinski definition) is 8. The van der Waals surface area contributed by atoms with Crippen molar-refractivity contribution in [2.75, 3.05) is 11.1 Å². The lowest BCUT2D eigenvalue weighted by atomic mass is 10.1. The monoisotopic (exact) mass is 483 g/mol. The number of rotatable bonds is 6. The van der Waals surface area contributed by atoms with Crippen molar-refractivity contribution in [3.05, 3.63) is 93.6 Å². The molecule has 3 heterocycles. The Morgan fingerprint density at radius 1 is 1.11 bits per heavy atom. The molecule has 2 atom stereocenters. The molecule has 9 nitrogen and oxygen atoms in total. The maximum Gasteiger partial charge on any atom is 0.266 e. The summed E-state index contributed by atoms with van der Waals surface area (Å²) in [6, 6.07) is 13.2. The van der Waals surface area contributed by atoms with Crippen LogP contribution in [0.15, 0.2) is 65.5 Å². The van der Waals surface area contributed by atoms with Crippen LogP contribution in [-0.2, 0) is 4.74 Å². The molecule has 4 N–H and O–H groups in total. The van der Waals surface area contributed by atoms with Crippen molar-refractivity contribution in [3.8, 4) is 5.69 Å². The average molecular weight is 484 g/mol. The fourth-order valence-electron chi connectivity index (χ4n) is 4.58. The van der Waals surface area contributed by atoms with Crippen LogP contribution < -0.4 is 21.9 Å². The second kappa shape index (κ2) is 9.33. The highest BCUT2D eigenvalue weighted by atomic mass is 16.5. The molecule has 0 amide bonds. The van der Waals surface area contributed by atoms with E-state index in [-0.39, 0.29) is 11.6 Å². The van der Waals surface area contributed by atoms with Crippen molar-refractivity contribution in [1.29, 1.82) is 0 Å². The first kappa shape index (κ1) is 23.3. The van der Waals surface area contributed by atoms with Gasteiger partial charge in [-0.05, 0) is 50.5 Å². The molecule has 5 rings (SSSR count). The largest absolute Gasteiger partial charge is 0.469 e. The topological polar surface area (TPSA) is 120 Å². The van der Waals surface area contributed by atoms with Gasteiger partial charge >= 0.3 is 0 Å². The van der Waals surface area contributed by atoms with Gasteiger partial charge in [-0.25, -0.2) is 15.0 Å². The Morgan fingerprint density at radius 3 is 2.61 bits per heavy atom. The number of para-hydroxylation sites is 1. The number of nitrogens with two attached hydrogens (primary N) is 1. The van der Waals surface area contributed by atoms with Crippen LogP contribution in [0, 0.1) is 13.8 Å². The third-order valence-electron chi connectivity index (χ3n) is 6.44. The summed E-state index contributed by atoms with van der Waals surface area (Å²) < 4.78 is 7.58. The second-order valence-corrected chi connectivity index (χ2v) is 8.91. The summed E-state index contributed by atoms with van der Waals surface area (Å²) in [5, 5.41) is 7.26. The number of allylic oxidation sites excluding steroid dienone is 1. The zero-order valence-corrected chi connectivity index (χ0v) is 20.7. The van der Waals surface area contributed by atoms with Gasteiger partial charge in [0.1, 0.15) is 29.5 Å². The van der Waals surface area contributed by atoms with E-state index in [0.29, 0.717) is 40.3 Å². The Morgan fingerprint density at radius 2 is 1.89 bits per heavy atom. The molecule has 0 spiro atoms. The molecule has 184 valence electrons. The molecule has 1 aliphatic heterocycles. The van der Waals surface area contributed by atoms with Crippen molar-refractivity contribution < 1.29 is 4.74 Å². The van der Waals surface area contributed by atoms with E-state index in [0.717, 1.165) is 22.6 Å². The SMILES string of the molecule is CC[C@H](Nc1ncnc(N)c1C1NC=C(C)O1)c1nc2cccc(C)c2c(=O)n1-c1ccccc1C. The van der Waals surface area contributed by atoms with E-state index in [1.807, 2.05) is 70.2 Å². The van der Waals surface area contributed by atoms with Crippen LogP contribution in [0.2, 0.25) is 0 Å². The van der Waals surface area contributed by atoms with Gasteiger partial charge < -0.3 is 21.1 Å². The van der Waals surface area contributed by atoms with Gasteiger partial charge in [0, 0.05) is 6.20 Å². The van der Waals surface area contributed by atoms with E-state index in [1.54, 1.807) is 10.8 Å². The van der Waals surface area contributed by atoms with Gasteiger partial charge in [-0.15, -0.1) is 0 Å². The van der Waals surface area contributed by atoms with Gasteiger partial charge in [0.2, 0.25) is 6.23 Å². The molecule has 0 fully saturated rings. The molecule has 1 aliphatic rings. The zero-order valence-electron chi connectivity index (χ0n) is 20.7. The summed E-state index contributed by atoms with van der Waals surface area (Å²) in [6.45, 7) is 7.82. The van der Waals surface area contributed by atoms with Gasteiger partial charge in [0.15, 0.2) is 0 Å². The molecule has 0 saturated carbocycles. The maximum atomic E-state index is 14.0. The molecule has 9 heteroatoms. The van der Waals surface area contributed by atoms with Crippen LogP contribution in [0.1, 0.15) is 55.1 Å². The smallest absolute Gasteiger partial charge is 0.266 e. The highest BCUT2D eigenvalue weighted by molar-refractivity contribution is 5.81. The van der Waals surface area contributed by atoms with Gasteiger partial charge in [-0.1, -0.05) is 37.3 Å². The quantitative estimate of drug-likeness (QED) is 0.369.